The van der Waals surface area contributed by atoms with Crippen LogP contribution in [0.5, 0.6) is 0 Å². The van der Waals surface area contributed by atoms with Crippen LogP contribution in [-0.4, -0.2) is 140 Å². The van der Waals surface area contributed by atoms with Crippen molar-refractivity contribution >= 4 is 5.91 Å². The largest absolute Gasteiger partial charge is 0.394 e. The van der Waals surface area contributed by atoms with Crippen LogP contribution in [-0.2, 0) is 23.7 Å². The average molecular weight is 1170 g/mol. The maximum atomic E-state index is 13.3. The smallest absolute Gasteiger partial charge is 0.220 e. The quantitative estimate of drug-likeness (QED) is 0.0204. The summed E-state index contributed by atoms with van der Waals surface area (Å²) in [5, 5.41) is 87.6. The summed E-state index contributed by atoms with van der Waals surface area (Å²) in [5.74, 6) is -0.204. The lowest BCUT2D eigenvalue weighted by Gasteiger charge is -2.46. The second-order valence-electron chi connectivity index (χ2n) is 24.7. The van der Waals surface area contributed by atoms with Crippen LogP contribution in [0.1, 0.15) is 309 Å². The number of hydrogen-bond acceptors (Lipinski definition) is 13. The first-order valence-electron chi connectivity index (χ1n) is 34.6. The van der Waals surface area contributed by atoms with Crippen LogP contribution < -0.4 is 5.32 Å². The number of carbonyl (C=O) groups excluding carboxylic acids is 1. The van der Waals surface area contributed by atoms with E-state index in [4.69, 9.17) is 18.9 Å². The summed E-state index contributed by atoms with van der Waals surface area (Å²) >= 11 is 0. The van der Waals surface area contributed by atoms with Crippen LogP contribution in [0, 0.1) is 0 Å². The molecular weight excluding hydrogens is 1040 g/mol. The number of unbranched alkanes of at least 4 members (excludes halogenated alkanes) is 40. The number of ether oxygens (including phenoxy) is 4. The zero-order chi connectivity index (χ0) is 59.5. The lowest BCUT2D eigenvalue weighted by Crippen LogP contribution is -2.65. The molecule has 14 nitrogen and oxygen atoms in total. The van der Waals surface area contributed by atoms with E-state index in [0.717, 1.165) is 57.8 Å². The van der Waals surface area contributed by atoms with Gasteiger partial charge in [0.15, 0.2) is 12.6 Å². The monoisotopic (exact) mass is 1170 g/mol. The van der Waals surface area contributed by atoms with Gasteiger partial charge in [0.25, 0.3) is 0 Å². The van der Waals surface area contributed by atoms with Crippen LogP contribution in [0.25, 0.3) is 0 Å². The third kappa shape index (κ3) is 37.9. The van der Waals surface area contributed by atoms with Crippen molar-refractivity contribution in [3.8, 4) is 0 Å². The Bertz CT molecular complexity index is 1470. The van der Waals surface area contributed by atoms with Gasteiger partial charge >= 0.3 is 0 Å². The molecule has 1 amide bonds. The first-order valence-corrected chi connectivity index (χ1v) is 34.6. The summed E-state index contributed by atoms with van der Waals surface area (Å²) in [6.45, 7) is 2.90. The lowest BCUT2D eigenvalue weighted by atomic mass is 9.97. The highest BCUT2D eigenvalue weighted by Gasteiger charge is 2.51. The van der Waals surface area contributed by atoms with E-state index >= 15 is 0 Å². The van der Waals surface area contributed by atoms with E-state index in [-0.39, 0.29) is 12.5 Å². The standard InChI is InChI=1S/C68H129NO13/c1-3-5-7-9-11-13-15-17-19-21-23-25-27-28-30-31-33-35-37-39-41-43-45-47-49-51-57(72)56(55-79-67-65(78)63(76)66(59(54-71)81-67)82-68-64(77)62(75)61(74)58(53-70)80-68)69-60(73)52-50-48-46-44-42-40-38-36-34-32-29-26-24-22-20-18-16-14-12-10-8-6-4-2/h16,18,22,24,56-59,61-68,70-72,74-78H,3-15,17,19-21,23,25-55H2,1-2H3,(H,69,73)/b18-16-,24-22-. The molecule has 14 heteroatoms. The normalized spacial score (nSPS) is 24.0. The van der Waals surface area contributed by atoms with Gasteiger partial charge in [-0.1, -0.05) is 282 Å². The fourth-order valence-electron chi connectivity index (χ4n) is 11.6. The number of nitrogens with one attached hydrogen (secondary N) is 1. The number of hydrogen-bond donors (Lipinski definition) is 9. The highest BCUT2D eigenvalue weighted by molar-refractivity contribution is 5.76. The van der Waals surface area contributed by atoms with Gasteiger partial charge in [0, 0.05) is 6.42 Å². The van der Waals surface area contributed by atoms with Crippen molar-refractivity contribution in [3.63, 3.8) is 0 Å². The summed E-state index contributed by atoms with van der Waals surface area (Å²) in [6.07, 6.45) is 49.0. The molecule has 0 aliphatic carbocycles. The molecule has 2 fully saturated rings. The summed E-state index contributed by atoms with van der Waals surface area (Å²) in [5.41, 5.74) is 0. The van der Waals surface area contributed by atoms with Crippen molar-refractivity contribution in [1.29, 1.82) is 0 Å². The van der Waals surface area contributed by atoms with Gasteiger partial charge in [-0.05, 0) is 44.9 Å². The molecule has 0 bridgehead atoms. The Hall–Kier alpha value is -1.53. The number of carbonyl (C=O) groups is 1. The number of amides is 1. The van der Waals surface area contributed by atoms with E-state index in [1.807, 2.05) is 0 Å². The molecule has 2 saturated heterocycles. The van der Waals surface area contributed by atoms with Crippen molar-refractivity contribution in [3.05, 3.63) is 24.3 Å². The number of aliphatic hydroxyl groups is 8. The maximum Gasteiger partial charge on any atom is 0.220 e. The Balaban J connectivity index is 1.68. The molecule has 2 aliphatic rings. The average Bonchev–Trinajstić information content (AvgIpc) is 3.53. The Kier molecular flexibility index (Phi) is 50.1. The predicted molar refractivity (Wildman–Crippen MR) is 332 cm³/mol. The summed E-state index contributed by atoms with van der Waals surface area (Å²) in [6, 6.07) is -0.830. The van der Waals surface area contributed by atoms with Gasteiger partial charge < -0.3 is 65.1 Å². The van der Waals surface area contributed by atoms with E-state index in [2.05, 4.69) is 43.5 Å². The van der Waals surface area contributed by atoms with Crippen molar-refractivity contribution < 1.29 is 64.6 Å². The highest BCUT2D eigenvalue weighted by Crippen LogP contribution is 2.30. The minimum atomic E-state index is -1.78. The summed E-state index contributed by atoms with van der Waals surface area (Å²) < 4.78 is 22.9. The van der Waals surface area contributed by atoms with Crippen LogP contribution in [0.4, 0.5) is 0 Å². The molecular formula is C68H129NO13. The Morgan fingerprint density at radius 1 is 0.439 bits per heavy atom. The van der Waals surface area contributed by atoms with Gasteiger partial charge in [-0.2, -0.15) is 0 Å². The zero-order valence-corrected chi connectivity index (χ0v) is 52.5. The second-order valence-corrected chi connectivity index (χ2v) is 24.7. The number of allylic oxidation sites excluding steroid dienone is 4. The third-order valence-electron chi connectivity index (χ3n) is 17.2. The Labute approximate surface area is 500 Å². The van der Waals surface area contributed by atoms with E-state index in [1.54, 1.807) is 0 Å². The second kappa shape index (κ2) is 53.7. The molecule has 0 aromatic carbocycles. The molecule has 12 atom stereocenters. The molecule has 2 aliphatic heterocycles. The number of rotatable bonds is 57. The zero-order valence-electron chi connectivity index (χ0n) is 52.5. The molecule has 484 valence electrons. The molecule has 2 heterocycles. The molecule has 0 spiro atoms. The minimum absolute atomic E-state index is 0.204. The molecule has 0 aromatic heterocycles. The number of aliphatic hydroxyl groups excluding tert-OH is 8. The summed E-state index contributed by atoms with van der Waals surface area (Å²) in [7, 11) is 0. The predicted octanol–water partition coefficient (Wildman–Crippen LogP) is 13.6. The van der Waals surface area contributed by atoms with Crippen LogP contribution in [0.2, 0.25) is 0 Å². The Morgan fingerprint density at radius 3 is 1.22 bits per heavy atom. The molecule has 0 radical (unpaired) electrons. The van der Waals surface area contributed by atoms with Crippen molar-refractivity contribution in [1.82, 2.24) is 5.32 Å². The first-order chi connectivity index (χ1) is 40.1. The first kappa shape index (κ1) is 76.6. The van der Waals surface area contributed by atoms with Crippen molar-refractivity contribution in [2.24, 2.45) is 0 Å². The molecule has 82 heavy (non-hydrogen) atoms. The van der Waals surface area contributed by atoms with Gasteiger partial charge in [-0.15, -0.1) is 0 Å². The Morgan fingerprint density at radius 2 is 0.805 bits per heavy atom. The molecule has 2 rings (SSSR count). The van der Waals surface area contributed by atoms with E-state index in [9.17, 15) is 45.6 Å². The fraction of sp³-hybridized carbons (Fsp3) is 0.926. The topological polar surface area (TPSA) is 228 Å². The van der Waals surface area contributed by atoms with Crippen molar-refractivity contribution in [2.75, 3.05) is 19.8 Å². The SMILES string of the molecule is CCCCCCC/C=C\C/C=C\CCCCCCCCCCCCCC(=O)NC(COC1OC(CO)C(OC2OC(CO)C(O)C(O)C2O)C(O)C1O)C(O)CCCCCCCCCCCCCCCCCCCCCCCCCCC. The van der Waals surface area contributed by atoms with Crippen LogP contribution in [0.3, 0.4) is 0 Å². The fourth-order valence-corrected chi connectivity index (χ4v) is 11.6. The minimum Gasteiger partial charge on any atom is -0.394 e. The summed E-state index contributed by atoms with van der Waals surface area (Å²) in [4.78, 5) is 13.3. The van der Waals surface area contributed by atoms with Crippen LogP contribution >= 0.6 is 0 Å². The molecule has 9 N–H and O–H groups in total. The van der Waals surface area contributed by atoms with E-state index in [1.165, 1.54) is 225 Å². The van der Waals surface area contributed by atoms with Gasteiger partial charge in [0.05, 0.1) is 32.0 Å². The lowest BCUT2D eigenvalue weighted by molar-refractivity contribution is -0.359. The highest BCUT2D eigenvalue weighted by atomic mass is 16.7. The third-order valence-corrected chi connectivity index (χ3v) is 17.2. The van der Waals surface area contributed by atoms with Gasteiger partial charge in [-0.3, -0.25) is 4.79 Å². The van der Waals surface area contributed by atoms with Gasteiger partial charge in [0.1, 0.15) is 48.8 Å². The molecule has 0 saturated carbocycles. The van der Waals surface area contributed by atoms with Crippen LogP contribution in [0.15, 0.2) is 24.3 Å². The van der Waals surface area contributed by atoms with Gasteiger partial charge in [-0.25, -0.2) is 0 Å². The van der Waals surface area contributed by atoms with Crippen molar-refractivity contribution in [2.45, 2.75) is 383 Å². The maximum absolute atomic E-state index is 13.3. The van der Waals surface area contributed by atoms with Gasteiger partial charge in [0.2, 0.25) is 5.91 Å². The van der Waals surface area contributed by atoms with E-state index in [0.29, 0.717) is 12.8 Å². The molecule has 12 unspecified atom stereocenters. The van der Waals surface area contributed by atoms with E-state index < -0.39 is 86.8 Å². The molecule has 0 aromatic rings.